The molecular formula is C15H21N5O2S. The minimum Gasteiger partial charge on any atom is -0.360 e. The van der Waals surface area contributed by atoms with Gasteiger partial charge in [0.1, 0.15) is 0 Å². The molecule has 3 rings (SSSR count). The average Bonchev–Trinajstić information content (AvgIpc) is 3.19. The minimum atomic E-state index is -0.159. The first-order valence-electron chi connectivity index (χ1n) is 7.71. The van der Waals surface area contributed by atoms with Crippen molar-refractivity contribution in [1.82, 2.24) is 19.9 Å². The Hall–Kier alpha value is -1.77. The molecule has 2 aromatic heterocycles. The number of nitrogens with one attached hydrogen (secondary N) is 1. The molecule has 1 fully saturated rings. The molecule has 2 aromatic rings. The maximum absolute atomic E-state index is 12.3. The van der Waals surface area contributed by atoms with Crippen molar-refractivity contribution in [2.75, 3.05) is 31.5 Å². The topological polar surface area (TPSA) is 74.5 Å². The van der Waals surface area contributed by atoms with Crippen LogP contribution in [0.15, 0.2) is 22.2 Å². The van der Waals surface area contributed by atoms with E-state index in [-0.39, 0.29) is 11.9 Å². The average molecular weight is 335 g/mol. The predicted octanol–water partition coefficient (Wildman–Crippen LogP) is 1.58. The van der Waals surface area contributed by atoms with Crippen molar-refractivity contribution in [2.45, 2.75) is 26.4 Å². The molecule has 0 radical (unpaired) electrons. The molecule has 3 heterocycles. The summed E-state index contributed by atoms with van der Waals surface area (Å²) < 4.78 is 5.26. The van der Waals surface area contributed by atoms with E-state index in [1.165, 1.54) is 11.3 Å². The van der Waals surface area contributed by atoms with Crippen LogP contribution in [-0.2, 0) is 11.3 Å². The number of carbonyl (C=O) groups excluding carboxylic acids is 1. The number of rotatable bonds is 5. The van der Waals surface area contributed by atoms with Crippen LogP contribution >= 0.6 is 11.3 Å². The molecule has 0 aliphatic carbocycles. The molecule has 1 unspecified atom stereocenters. The van der Waals surface area contributed by atoms with Gasteiger partial charge in [0, 0.05) is 43.8 Å². The number of hydrogen-bond acceptors (Lipinski definition) is 7. The lowest BCUT2D eigenvalue weighted by molar-refractivity contribution is -0.121. The standard InChI is InChI=1S/C15H21N5O2S/c1-11-9-13(22-18-11)10-19-4-6-20(7-5-19)12(2)14(21)17-15-16-3-8-23-15/h3,8-9,12H,4-7,10H2,1-2H3,(H,16,17,21). The Bertz CT molecular complexity index is 634. The van der Waals surface area contributed by atoms with Crippen LogP contribution in [0.4, 0.5) is 5.13 Å². The number of thiazole rings is 1. The maximum atomic E-state index is 12.3. The van der Waals surface area contributed by atoms with Crippen molar-refractivity contribution >= 4 is 22.4 Å². The van der Waals surface area contributed by atoms with Gasteiger partial charge in [-0.3, -0.25) is 14.6 Å². The van der Waals surface area contributed by atoms with E-state index in [0.29, 0.717) is 5.13 Å². The van der Waals surface area contributed by atoms with Gasteiger partial charge in [-0.1, -0.05) is 5.16 Å². The molecule has 0 saturated carbocycles. The lowest BCUT2D eigenvalue weighted by atomic mass is 10.2. The van der Waals surface area contributed by atoms with Gasteiger partial charge in [-0.25, -0.2) is 4.98 Å². The van der Waals surface area contributed by atoms with E-state index in [1.807, 2.05) is 25.3 Å². The third-order valence-electron chi connectivity index (χ3n) is 4.05. The number of nitrogens with zero attached hydrogens (tertiary/aromatic N) is 4. The maximum Gasteiger partial charge on any atom is 0.243 e. The second-order valence-electron chi connectivity index (χ2n) is 5.75. The molecule has 1 aliphatic rings. The molecule has 1 atom stereocenters. The highest BCUT2D eigenvalue weighted by Gasteiger charge is 2.26. The van der Waals surface area contributed by atoms with Crippen molar-refractivity contribution in [1.29, 1.82) is 0 Å². The summed E-state index contributed by atoms with van der Waals surface area (Å²) in [4.78, 5) is 20.9. The predicted molar refractivity (Wildman–Crippen MR) is 88.3 cm³/mol. The van der Waals surface area contributed by atoms with Gasteiger partial charge in [-0.2, -0.15) is 0 Å². The van der Waals surface area contributed by atoms with Gasteiger partial charge in [-0.05, 0) is 13.8 Å². The van der Waals surface area contributed by atoms with Gasteiger partial charge in [0.15, 0.2) is 10.9 Å². The Balaban J connectivity index is 1.47. The number of amides is 1. The van der Waals surface area contributed by atoms with Crippen molar-refractivity contribution in [2.24, 2.45) is 0 Å². The zero-order valence-electron chi connectivity index (χ0n) is 13.4. The van der Waals surface area contributed by atoms with Gasteiger partial charge in [0.05, 0.1) is 18.3 Å². The Morgan fingerprint density at radius 3 is 2.83 bits per heavy atom. The van der Waals surface area contributed by atoms with E-state index in [4.69, 9.17) is 4.52 Å². The normalized spacial score (nSPS) is 18.0. The Morgan fingerprint density at radius 2 is 2.22 bits per heavy atom. The first kappa shape index (κ1) is 16.1. The summed E-state index contributed by atoms with van der Waals surface area (Å²) in [6.45, 7) is 8.18. The highest BCUT2D eigenvalue weighted by molar-refractivity contribution is 7.13. The molecule has 8 heteroatoms. The van der Waals surface area contributed by atoms with Gasteiger partial charge in [0.25, 0.3) is 0 Å². The monoisotopic (exact) mass is 335 g/mol. The zero-order chi connectivity index (χ0) is 16.2. The number of carbonyl (C=O) groups is 1. The van der Waals surface area contributed by atoms with Crippen LogP contribution in [0.1, 0.15) is 18.4 Å². The summed E-state index contributed by atoms with van der Waals surface area (Å²) in [7, 11) is 0. The summed E-state index contributed by atoms with van der Waals surface area (Å²) in [5.41, 5.74) is 0.908. The number of aromatic nitrogens is 2. The van der Waals surface area contributed by atoms with Crippen molar-refractivity contribution in [3.05, 3.63) is 29.1 Å². The molecule has 1 aliphatic heterocycles. The fraction of sp³-hybridized carbons (Fsp3) is 0.533. The third-order valence-corrected chi connectivity index (χ3v) is 4.74. The van der Waals surface area contributed by atoms with Gasteiger partial charge >= 0.3 is 0 Å². The lowest BCUT2D eigenvalue weighted by Crippen LogP contribution is -2.52. The Morgan fingerprint density at radius 1 is 1.43 bits per heavy atom. The van der Waals surface area contributed by atoms with Crippen LogP contribution in [-0.4, -0.2) is 58.1 Å². The van der Waals surface area contributed by atoms with Crippen molar-refractivity contribution < 1.29 is 9.32 Å². The fourth-order valence-electron chi connectivity index (χ4n) is 2.68. The SMILES string of the molecule is Cc1cc(CN2CCN(C(C)C(=O)Nc3nccs3)CC2)on1. The number of anilines is 1. The minimum absolute atomic E-state index is 0.000686. The molecule has 1 amide bonds. The number of hydrogen-bond donors (Lipinski definition) is 1. The van der Waals surface area contributed by atoms with E-state index in [9.17, 15) is 4.79 Å². The summed E-state index contributed by atoms with van der Waals surface area (Å²) in [5.74, 6) is 0.893. The summed E-state index contributed by atoms with van der Waals surface area (Å²) in [6, 6.07) is 1.81. The van der Waals surface area contributed by atoms with Gasteiger partial charge < -0.3 is 9.84 Å². The van der Waals surface area contributed by atoms with Gasteiger partial charge in [-0.15, -0.1) is 11.3 Å². The molecule has 1 saturated heterocycles. The van der Waals surface area contributed by atoms with Crippen LogP contribution in [0.3, 0.4) is 0 Å². The summed E-state index contributed by atoms with van der Waals surface area (Å²) in [6.07, 6.45) is 1.69. The van der Waals surface area contributed by atoms with Crippen LogP contribution in [0.5, 0.6) is 0 Å². The largest absolute Gasteiger partial charge is 0.360 e. The third kappa shape index (κ3) is 4.15. The molecule has 23 heavy (non-hydrogen) atoms. The first-order valence-corrected chi connectivity index (χ1v) is 8.59. The molecule has 0 bridgehead atoms. The summed E-state index contributed by atoms with van der Waals surface area (Å²) >= 11 is 1.43. The first-order chi connectivity index (χ1) is 11.1. The van der Waals surface area contributed by atoms with E-state index < -0.39 is 0 Å². The molecule has 124 valence electrons. The molecular weight excluding hydrogens is 314 g/mol. The summed E-state index contributed by atoms with van der Waals surface area (Å²) in [5, 5.41) is 9.28. The Labute approximate surface area is 139 Å². The number of piperazine rings is 1. The van der Waals surface area contributed by atoms with Crippen molar-refractivity contribution in [3.8, 4) is 0 Å². The highest BCUT2D eigenvalue weighted by Crippen LogP contribution is 2.14. The van der Waals surface area contributed by atoms with Crippen LogP contribution in [0.25, 0.3) is 0 Å². The quantitative estimate of drug-likeness (QED) is 0.894. The highest BCUT2D eigenvalue weighted by atomic mass is 32.1. The smallest absolute Gasteiger partial charge is 0.243 e. The van der Waals surface area contributed by atoms with Gasteiger partial charge in [0.2, 0.25) is 5.91 Å². The zero-order valence-corrected chi connectivity index (χ0v) is 14.2. The molecule has 1 N–H and O–H groups in total. The number of aryl methyl sites for hydroxylation is 1. The fourth-order valence-corrected chi connectivity index (χ4v) is 3.21. The second kappa shape index (κ2) is 7.20. The van der Waals surface area contributed by atoms with E-state index in [2.05, 4.69) is 25.3 Å². The van der Waals surface area contributed by atoms with E-state index in [1.54, 1.807) is 6.20 Å². The van der Waals surface area contributed by atoms with Crippen LogP contribution < -0.4 is 5.32 Å². The van der Waals surface area contributed by atoms with E-state index >= 15 is 0 Å². The molecule has 7 nitrogen and oxygen atoms in total. The molecule has 0 spiro atoms. The van der Waals surface area contributed by atoms with Crippen LogP contribution in [0, 0.1) is 6.92 Å². The van der Waals surface area contributed by atoms with Crippen LogP contribution in [0.2, 0.25) is 0 Å². The second-order valence-corrected chi connectivity index (χ2v) is 6.64. The van der Waals surface area contributed by atoms with E-state index in [0.717, 1.165) is 44.2 Å². The Kier molecular flexibility index (Phi) is 5.04. The molecule has 0 aromatic carbocycles. The van der Waals surface area contributed by atoms with Crippen molar-refractivity contribution in [3.63, 3.8) is 0 Å². The lowest BCUT2D eigenvalue weighted by Gasteiger charge is -2.36.